The Morgan fingerprint density at radius 1 is 1.04 bits per heavy atom. The van der Waals surface area contributed by atoms with Crippen LogP contribution in [0.15, 0.2) is 0 Å². The Morgan fingerprint density at radius 3 is 2.46 bits per heavy atom. The van der Waals surface area contributed by atoms with Gasteiger partial charge in [0.2, 0.25) is 0 Å². The number of rotatable bonds is 1. The van der Waals surface area contributed by atoms with Crippen molar-refractivity contribution in [1.29, 1.82) is 0 Å². The molecule has 0 radical (unpaired) electrons. The van der Waals surface area contributed by atoms with Crippen LogP contribution in [0.1, 0.15) is 65.7 Å². The molecule has 26 heavy (non-hydrogen) atoms. The van der Waals surface area contributed by atoms with E-state index in [2.05, 4.69) is 6.92 Å². The number of hydrogen-bond acceptors (Lipinski definition) is 5. The molecule has 1 aliphatic heterocycles. The van der Waals surface area contributed by atoms with Crippen molar-refractivity contribution in [2.24, 2.45) is 28.6 Å². The van der Waals surface area contributed by atoms with Crippen LogP contribution < -0.4 is 0 Å². The highest BCUT2D eigenvalue weighted by atomic mass is 16.6. The van der Waals surface area contributed by atoms with Crippen LogP contribution in [0.4, 0.5) is 0 Å². The van der Waals surface area contributed by atoms with E-state index < -0.39 is 28.8 Å². The summed E-state index contributed by atoms with van der Waals surface area (Å²) in [7, 11) is 0. The minimum Gasteiger partial charge on any atom is -0.393 e. The Balaban J connectivity index is 1.61. The topological polar surface area (TPSA) is 90.3 Å². The lowest BCUT2D eigenvalue weighted by Gasteiger charge is -2.60. The number of carbonyl (C=O) groups excluding carboxylic acids is 1. The number of fused-ring (bicyclic) bond motifs is 2. The van der Waals surface area contributed by atoms with Gasteiger partial charge in [-0.1, -0.05) is 13.8 Å². The predicted molar refractivity (Wildman–Crippen MR) is 94.3 cm³/mol. The van der Waals surface area contributed by atoms with Crippen LogP contribution in [0.5, 0.6) is 0 Å². The zero-order chi connectivity index (χ0) is 18.7. The van der Waals surface area contributed by atoms with Crippen molar-refractivity contribution in [3.63, 3.8) is 0 Å². The van der Waals surface area contributed by atoms with Crippen LogP contribution in [-0.4, -0.2) is 50.6 Å². The van der Waals surface area contributed by atoms with Gasteiger partial charge < -0.3 is 20.1 Å². The molecule has 5 nitrogen and oxygen atoms in total. The minimum absolute atomic E-state index is 0.0976. The van der Waals surface area contributed by atoms with E-state index in [1.54, 1.807) is 6.92 Å². The number of hydrogen-bond donors (Lipinski definition) is 3. The second kappa shape index (κ2) is 4.91. The molecule has 0 unspecified atom stereocenters. The smallest absolute Gasteiger partial charge is 0.133 e. The molecule has 4 saturated carbocycles. The average molecular weight is 364 g/mol. The van der Waals surface area contributed by atoms with Crippen LogP contribution in [-0.2, 0) is 9.53 Å². The second-order valence-corrected chi connectivity index (χ2v) is 10.4. The van der Waals surface area contributed by atoms with Crippen molar-refractivity contribution >= 4 is 5.78 Å². The molecule has 5 heteroatoms. The maximum absolute atomic E-state index is 12.3. The van der Waals surface area contributed by atoms with Crippen molar-refractivity contribution < 1.29 is 24.9 Å². The lowest BCUT2D eigenvalue weighted by atomic mass is 9.43. The van der Waals surface area contributed by atoms with E-state index in [9.17, 15) is 20.1 Å². The molecule has 0 amide bonds. The first-order chi connectivity index (χ1) is 12.1. The summed E-state index contributed by atoms with van der Waals surface area (Å²) < 4.78 is 6.61. The first-order valence-corrected chi connectivity index (χ1v) is 10.4. The van der Waals surface area contributed by atoms with E-state index in [0.29, 0.717) is 5.92 Å². The normalized spacial score (nSPS) is 63.3. The van der Waals surface area contributed by atoms with Gasteiger partial charge in [-0.25, -0.2) is 0 Å². The van der Waals surface area contributed by atoms with E-state index in [1.807, 2.05) is 6.92 Å². The largest absolute Gasteiger partial charge is 0.393 e. The van der Waals surface area contributed by atoms with Gasteiger partial charge in [-0.15, -0.1) is 0 Å². The molecule has 0 aromatic carbocycles. The summed E-state index contributed by atoms with van der Waals surface area (Å²) in [6.45, 7) is 5.82. The van der Waals surface area contributed by atoms with Crippen LogP contribution in [0.3, 0.4) is 0 Å². The summed E-state index contributed by atoms with van der Waals surface area (Å²) in [5, 5.41) is 32.8. The molecular formula is C21H32O5. The molecule has 3 N–H and O–H groups in total. The minimum atomic E-state index is -0.943. The van der Waals surface area contributed by atoms with Crippen molar-refractivity contribution in [2.45, 2.75) is 95.2 Å². The summed E-state index contributed by atoms with van der Waals surface area (Å²) in [5.74, 6) is 0.0981. The fourth-order valence-electron chi connectivity index (χ4n) is 8.48. The quantitative estimate of drug-likeness (QED) is 0.618. The van der Waals surface area contributed by atoms with E-state index in [0.717, 1.165) is 44.9 Å². The summed E-state index contributed by atoms with van der Waals surface area (Å²) in [4.78, 5) is 12.3. The first kappa shape index (κ1) is 17.6. The highest BCUT2D eigenvalue weighted by Gasteiger charge is 2.90. The summed E-state index contributed by atoms with van der Waals surface area (Å²) in [6, 6.07) is 0. The highest BCUT2D eigenvalue weighted by Crippen LogP contribution is 2.80. The molecule has 0 aromatic rings. The molecule has 0 bridgehead atoms. The molecule has 0 aromatic heterocycles. The van der Waals surface area contributed by atoms with Gasteiger partial charge in [0.15, 0.2) is 0 Å². The Bertz CT molecular complexity index is 665. The van der Waals surface area contributed by atoms with Gasteiger partial charge in [-0.3, -0.25) is 4.79 Å². The summed E-state index contributed by atoms with van der Waals surface area (Å²) in [5.41, 5.74) is -1.70. The average Bonchev–Trinajstić information content (AvgIpc) is 3.11. The molecule has 146 valence electrons. The van der Waals surface area contributed by atoms with Gasteiger partial charge in [0.05, 0.1) is 18.3 Å². The van der Waals surface area contributed by atoms with E-state index in [4.69, 9.17) is 4.74 Å². The van der Waals surface area contributed by atoms with Crippen molar-refractivity contribution in [1.82, 2.24) is 0 Å². The lowest BCUT2D eigenvalue weighted by Crippen LogP contribution is -2.69. The molecule has 5 aliphatic rings. The predicted octanol–water partition coefficient (Wildman–Crippen LogP) is 1.81. The third kappa shape index (κ3) is 1.63. The highest BCUT2D eigenvalue weighted by molar-refractivity contribution is 5.80. The second-order valence-electron chi connectivity index (χ2n) is 10.4. The third-order valence-corrected chi connectivity index (χ3v) is 9.73. The fraction of sp³-hybridized carbons (Fsp3) is 0.952. The lowest BCUT2D eigenvalue weighted by molar-refractivity contribution is -0.196. The SMILES string of the molecule is CC(=O)[C@H]1CC[C@]23O[C@]24CC[C@H]2C[C@@H](O)CC[C@]2(C)[C@H]4[C@H](O)[C@@H](O)[C@]13C. The zero-order valence-electron chi connectivity index (χ0n) is 16.1. The van der Waals surface area contributed by atoms with Gasteiger partial charge in [0.1, 0.15) is 17.0 Å². The number of Topliss-reactive ketones (excluding diaryl/α,β-unsaturated/α-hetero) is 1. The fourth-order valence-corrected chi connectivity index (χ4v) is 8.48. The monoisotopic (exact) mass is 364 g/mol. The van der Waals surface area contributed by atoms with Gasteiger partial charge in [-0.05, 0) is 63.2 Å². The number of ether oxygens (including phenoxy) is 1. The third-order valence-electron chi connectivity index (χ3n) is 9.73. The van der Waals surface area contributed by atoms with E-state index in [1.165, 1.54) is 0 Å². The van der Waals surface area contributed by atoms with Crippen LogP contribution in [0.2, 0.25) is 0 Å². The first-order valence-electron chi connectivity index (χ1n) is 10.4. The number of aliphatic hydroxyl groups is 3. The Kier molecular flexibility index (Phi) is 3.33. The standard InChI is InChI=1S/C21H32O5/c1-11(22)14-6-9-21-19(14,3)17(25)15(24)16-18(2)7-5-13(23)10-12(18)4-8-20(16,21)26-21/h12-17,23-25H,4-10H2,1-3H3/t12-,13-,14+,15-,16+,17+,18-,19-,20-,21+/m0/s1. The number of ketones is 1. The maximum Gasteiger partial charge on any atom is 0.133 e. The van der Waals surface area contributed by atoms with E-state index >= 15 is 0 Å². The molecule has 5 fully saturated rings. The van der Waals surface area contributed by atoms with Crippen molar-refractivity contribution in [3.05, 3.63) is 0 Å². The maximum atomic E-state index is 12.3. The molecule has 2 spiro atoms. The molecular weight excluding hydrogens is 332 g/mol. The van der Waals surface area contributed by atoms with E-state index in [-0.39, 0.29) is 29.1 Å². The van der Waals surface area contributed by atoms with Gasteiger partial charge in [0.25, 0.3) is 0 Å². The number of carbonyl (C=O) groups is 1. The van der Waals surface area contributed by atoms with Crippen LogP contribution in [0.25, 0.3) is 0 Å². The van der Waals surface area contributed by atoms with Crippen molar-refractivity contribution in [2.75, 3.05) is 0 Å². The molecule has 4 aliphatic carbocycles. The van der Waals surface area contributed by atoms with Crippen LogP contribution >= 0.6 is 0 Å². The molecule has 1 heterocycles. The Morgan fingerprint density at radius 2 is 1.77 bits per heavy atom. The van der Waals surface area contributed by atoms with Crippen LogP contribution in [0, 0.1) is 28.6 Å². The van der Waals surface area contributed by atoms with Crippen molar-refractivity contribution in [3.8, 4) is 0 Å². The summed E-state index contributed by atoms with van der Waals surface area (Å²) >= 11 is 0. The Labute approximate surface area is 155 Å². The number of aliphatic hydroxyl groups excluding tert-OH is 3. The van der Waals surface area contributed by atoms with Gasteiger partial charge >= 0.3 is 0 Å². The summed E-state index contributed by atoms with van der Waals surface area (Å²) in [6.07, 6.45) is 3.74. The molecule has 10 atom stereocenters. The van der Waals surface area contributed by atoms with Gasteiger partial charge in [-0.2, -0.15) is 0 Å². The van der Waals surface area contributed by atoms with Gasteiger partial charge in [0, 0.05) is 17.3 Å². The molecule has 5 rings (SSSR count). The number of epoxide rings is 1. The zero-order valence-corrected chi connectivity index (χ0v) is 16.1. The molecule has 1 saturated heterocycles. The Hall–Kier alpha value is -0.490.